The van der Waals surface area contributed by atoms with E-state index in [-0.39, 0.29) is 19.1 Å². The number of likely N-dealkylation sites (N-methyl/N-ethyl adjacent to an activating group) is 1. The molecule has 0 aliphatic carbocycles. The van der Waals surface area contributed by atoms with Gasteiger partial charge < -0.3 is 28.8 Å². The normalized spacial score (nSPS) is 14.0. The smallest absolute Gasteiger partial charge is 0.268 e. The van der Waals surface area contributed by atoms with Gasteiger partial charge in [0.05, 0.1) is 39.9 Å². The lowest BCUT2D eigenvalue weighted by Crippen LogP contribution is -2.45. The van der Waals surface area contributed by atoms with Gasteiger partial charge >= 0.3 is 0 Å². The van der Waals surface area contributed by atoms with E-state index in [9.17, 15) is 19.4 Å². The lowest BCUT2D eigenvalue weighted by Gasteiger charge is -2.29. The molecule has 1 amide bonds. The molecule has 0 saturated heterocycles. The molecule has 9 heteroatoms. The second-order valence-corrected chi connectivity index (χ2v) is 24.2. The van der Waals surface area contributed by atoms with Gasteiger partial charge in [-0.2, -0.15) is 0 Å². The second-order valence-electron chi connectivity index (χ2n) is 22.8. The van der Waals surface area contributed by atoms with Gasteiger partial charge in [0.25, 0.3) is 7.82 Å². The van der Waals surface area contributed by atoms with Crippen LogP contribution in [0.15, 0.2) is 24.3 Å². The predicted octanol–water partition coefficient (Wildman–Crippen LogP) is 18.5. The summed E-state index contributed by atoms with van der Waals surface area (Å²) < 4.78 is 23.4. The van der Waals surface area contributed by atoms with Crippen LogP contribution in [0.4, 0.5) is 0 Å². The SMILES string of the molecule is CCCCCCCCCCCCCC/C=C\CCCCCCCCCCCCC(=O)NC(COP(=O)([O-])OCC[N+](C)(C)C)C(O)/C=C/CCCCCCCCCCCCCCCCCCCCCCC. The van der Waals surface area contributed by atoms with E-state index in [2.05, 4.69) is 31.3 Å². The minimum Gasteiger partial charge on any atom is -0.756 e. The van der Waals surface area contributed by atoms with Crippen LogP contribution in [0.3, 0.4) is 0 Å². The lowest BCUT2D eigenvalue weighted by atomic mass is 10.0. The molecule has 0 aromatic heterocycles. The molecule has 0 aromatic carbocycles. The van der Waals surface area contributed by atoms with Crippen LogP contribution in [0.2, 0.25) is 0 Å². The van der Waals surface area contributed by atoms with Crippen LogP contribution in [0.25, 0.3) is 0 Å². The van der Waals surface area contributed by atoms with E-state index in [4.69, 9.17) is 9.05 Å². The van der Waals surface area contributed by atoms with Gasteiger partial charge in [-0.3, -0.25) is 9.36 Å². The second kappa shape index (κ2) is 53.8. The highest BCUT2D eigenvalue weighted by atomic mass is 31.2. The molecule has 0 rings (SSSR count). The van der Waals surface area contributed by atoms with Gasteiger partial charge in [-0.05, 0) is 44.9 Å². The van der Waals surface area contributed by atoms with Crippen LogP contribution in [0.1, 0.15) is 316 Å². The van der Waals surface area contributed by atoms with E-state index in [1.165, 1.54) is 257 Å². The van der Waals surface area contributed by atoms with Gasteiger partial charge in [-0.25, -0.2) is 0 Å². The van der Waals surface area contributed by atoms with Crippen molar-refractivity contribution in [1.82, 2.24) is 5.32 Å². The first kappa shape index (κ1) is 70.0. The van der Waals surface area contributed by atoms with Crippen molar-refractivity contribution in [2.45, 2.75) is 328 Å². The largest absolute Gasteiger partial charge is 0.756 e. The number of rotatable bonds is 58. The Bertz CT molecular complexity index is 1210. The summed E-state index contributed by atoms with van der Waals surface area (Å²) in [5, 5.41) is 13.9. The molecule has 0 bridgehead atoms. The van der Waals surface area contributed by atoms with Gasteiger partial charge in [-0.15, -0.1) is 0 Å². The predicted molar refractivity (Wildman–Crippen MR) is 307 cm³/mol. The summed E-state index contributed by atoms with van der Waals surface area (Å²) in [7, 11) is 1.27. The number of nitrogens with one attached hydrogen (secondary N) is 1. The molecule has 0 spiro atoms. The number of allylic oxidation sites excluding steroid dienone is 3. The molecule has 422 valence electrons. The molecule has 2 N–H and O–H groups in total. The summed E-state index contributed by atoms with van der Waals surface area (Å²) in [6, 6.07) is -0.886. The third-order valence-corrected chi connectivity index (χ3v) is 15.4. The summed E-state index contributed by atoms with van der Waals surface area (Å²) >= 11 is 0. The molecular weight excluding hydrogens is 900 g/mol. The molecule has 3 atom stereocenters. The number of unbranched alkanes of at least 4 members (excludes halogenated alkanes) is 43. The van der Waals surface area contributed by atoms with Crippen LogP contribution in [0.5, 0.6) is 0 Å². The van der Waals surface area contributed by atoms with Crippen molar-refractivity contribution in [2.75, 3.05) is 40.9 Å². The van der Waals surface area contributed by atoms with Crippen LogP contribution in [-0.4, -0.2) is 68.5 Å². The maximum atomic E-state index is 13.0. The Kier molecular flexibility index (Phi) is 53.0. The van der Waals surface area contributed by atoms with Gasteiger partial charge in [-0.1, -0.05) is 289 Å². The van der Waals surface area contributed by atoms with E-state index >= 15 is 0 Å². The minimum absolute atomic E-state index is 0.000689. The molecule has 8 nitrogen and oxygen atoms in total. The van der Waals surface area contributed by atoms with Crippen molar-refractivity contribution in [2.24, 2.45) is 0 Å². The summed E-state index contributed by atoms with van der Waals surface area (Å²) in [6.07, 6.45) is 68.4. The third-order valence-electron chi connectivity index (χ3n) is 14.4. The monoisotopic (exact) mass is 1020 g/mol. The Labute approximate surface area is 443 Å². The molecule has 0 heterocycles. The Balaban J connectivity index is 4.14. The average Bonchev–Trinajstić information content (AvgIpc) is 3.33. The molecule has 0 fully saturated rings. The molecule has 0 saturated carbocycles. The fraction of sp³-hybridized carbons (Fsp3) is 0.919. The van der Waals surface area contributed by atoms with E-state index in [0.717, 1.165) is 38.5 Å². The first-order valence-electron chi connectivity index (χ1n) is 31.2. The topological polar surface area (TPSA) is 108 Å². The van der Waals surface area contributed by atoms with E-state index in [1.807, 2.05) is 27.2 Å². The Hall–Kier alpha value is -1.02. The van der Waals surface area contributed by atoms with Crippen LogP contribution in [0, 0.1) is 0 Å². The standard InChI is InChI=1S/C62H123N2O6P/c1-6-8-10-12-14-16-18-20-22-24-26-28-30-31-32-34-36-38-40-42-44-46-48-50-52-54-56-62(66)63-60(59-70-71(67,68)69-58-57-64(3,4)5)61(65)55-53-51-49-47-45-43-41-39-37-35-33-29-27-25-23-21-19-17-15-13-11-9-7-2/h31-32,53,55,60-61,65H,6-30,33-52,54,56-59H2,1-5H3,(H-,63,66,67,68)/b32-31-,55-53+. The number of phosphoric acid groups is 1. The van der Waals surface area contributed by atoms with Crippen molar-refractivity contribution in [3.05, 3.63) is 24.3 Å². The molecule has 3 unspecified atom stereocenters. The fourth-order valence-electron chi connectivity index (χ4n) is 9.50. The highest BCUT2D eigenvalue weighted by Gasteiger charge is 2.23. The van der Waals surface area contributed by atoms with Crippen LogP contribution in [-0.2, 0) is 18.4 Å². The quantitative estimate of drug-likeness (QED) is 0.0272. The number of aliphatic hydroxyl groups is 1. The number of aliphatic hydroxyl groups excluding tert-OH is 1. The summed E-state index contributed by atoms with van der Waals surface area (Å²) in [4.78, 5) is 25.5. The fourth-order valence-corrected chi connectivity index (χ4v) is 10.2. The Morgan fingerprint density at radius 1 is 0.479 bits per heavy atom. The van der Waals surface area contributed by atoms with Gasteiger partial charge in [0.15, 0.2) is 0 Å². The zero-order valence-electron chi connectivity index (χ0n) is 48.2. The third kappa shape index (κ3) is 56.5. The summed E-state index contributed by atoms with van der Waals surface area (Å²) in [5.74, 6) is -0.193. The number of carbonyl (C=O) groups excluding carboxylic acids is 1. The maximum Gasteiger partial charge on any atom is 0.268 e. The van der Waals surface area contributed by atoms with E-state index in [0.29, 0.717) is 17.4 Å². The van der Waals surface area contributed by atoms with Gasteiger partial charge in [0.1, 0.15) is 13.2 Å². The van der Waals surface area contributed by atoms with Crippen molar-refractivity contribution in [3.63, 3.8) is 0 Å². The minimum atomic E-state index is -4.60. The molecule has 0 aliphatic heterocycles. The van der Waals surface area contributed by atoms with Gasteiger partial charge in [0, 0.05) is 6.42 Å². The highest BCUT2D eigenvalue weighted by molar-refractivity contribution is 7.45. The van der Waals surface area contributed by atoms with Crippen molar-refractivity contribution in [3.8, 4) is 0 Å². The zero-order valence-corrected chi connectivity index (χ0v) is 49.1. The van der Waals surface area contributed by atoms with E-state index < -0.39 is 20.0 Å². The first-order valence-corrected chi connectivity index (χ1v) is 32.7. The Morgan fingerprint density at radius 3 is 1.10 bits per heavy atom. The highest BCUT2D eigenvalue weighted by Crippen LogP contribution is 2.38. The van der Waals surface area contributed by atoms with Crippen molar-refractivity contribution < 1.29 is 32.9 Å². The lowest BCUT2D eigenvalue weighted by molar-refractivity contribution is -0.870. The number of hydrogen-bond acceptors (Lipinski definition) is 6. The number of hydrogen-bond donors (Lipinski definition) is 2. The molecule has 0 radical (unpaired) electrons. The first-order chi connectivity index (χ1) is 34.5. The summed E-state index contributed by atoms with van der Waals surface area (Å²) in [5.41, 5.74) is 0. The van der Waals surface area contributed by atoms with Crippen LogP contribution < -0.4 is 10.2 Å². The van der Waals surface area contributed by atoms with E-state index in [1.54, 1.807) is 6.08 Å². The van der Waals surface area contributed by atoms with Gasteiger partial charge in [0.2, 0.25) is 5.91 Å². The molecule has 0 aromatic rings. The van der Waals surface area contributed by atoms with Crippen LogP contribution >= 0.6 is 7.82 Å². The molecule has 71 heavy (non-hydrogen) atoms. The Morgan fingerprint density at radius 2 is 0.775 bits per heavy atom. The average molecular weight is 1020 g/mol. The summed E-state index contributed by atoms with van der Waals surface area (Å²) in [6.45, 7) is 4.70. The molecule has 0 aliphatic rings. The number of phosphoric ester groups is 1. The number of amides is 1. The zero-order chi connectivity index (χ0) is 52.0. The maximum absolute atomic E-state index is 13.0. The molecular formula is C62H123N2O6P. The van der Waals surface area contributed by atoms with Crippen molar-refractivity contribution in [1.29, 1.82) is 0 Å². The number of quaternary nitrogens is 1. The van der Waals surface area contributed by atoms with Crippen molar-refractivity contribution >= 4 is 13.7 Å². The number of nitrogens with zero attached hydrogens (tertiary/aromatic N) is 1. The number of carbonyl (C=O) groups is 1.